The predicted octanol–water partition coefficient (Wildman–Crippen LogP) is 6.20. The number of anilines is 1. The Morgan fingerprint density at radius 3 is 2.71 bits per heavy atom. The molecule has 1 N–H and O–H groups in total. The summed E-state index contributed by atoms with van der Waals surface area (Å²) in [6, 6.07) is 24.2. The average molecular weight is 529 g/mol. The van der Waals surface area contributed by atoms with E-state index in [1.165, 1.54) is 10.5 Å². The number of amides is 1. The summed E-state index contributed by atoms with van der Waals surface area (Å²) in [5.41, 5.74) is 4.07. The van der Waals surface area contributed by atoms with Crippen molar-refractivity contribution in [3.63, 3.8) is 0 Å². The topological polar surface area (TPSA) is 80.5 Å². The van der Waals surface area contributed by atoms with Gasteiger partial charge in [0, 0.05) is 28.4 Å². The fourth-order valence-electron chi connectivity index (χ4n) is 4.65. The van der Waals surface area contributed by atoms with Gasteiger partial charge in [0.2, 0.25) is 17.6 Å². The Labute approximate surface area is 227 Å². The Kier molecular flexibility index (Phi) is 8.41. The number of likely N-dealkylation sites (tertiary alicyclic amines) is 1. The number of benzene rings is 3. The Bertz CT molecular complexity index is 1360. The van der Waals surface area contributed by atoms with Crippen LogP contribution >= 0.6 is 11.8 Å². The van der Waals surface area contributed by atoms with E-state index in [4.69, 9.17) is 9.26 Å². The Balaban J connectivity index is 1.14. The van der Waals surface area contributed by atoms with Crippen molar-refractivity contribution < 1.29 is 14.1 Å². The molecule has 196 valence electrons. The van der Waals surface area contributed by atoms with Crippen molar-refractivity contribution in [1.29, 1.82) is 0 Å². The Morgan fingerprint density at radius 2 is 1.95 bits per heavy atom. The molecule has 1 aliphatic heterocycles. The zero-order valence-electron chi connectivity index (χ0n) is 21.7. The standard InChI is InChI=1S/C30H32N4O3S/c1-21-17-22(20-38-26-8-4-3-5-9-26)10-15-27(21)31-30(35)24-7-6-16-34(18-24)19-28-32-29(33-37-28)23-11-13-25(36-2)14-12-23/h3-5,8-15,17,24H,6-7,16,18-20H2,1-2H3,(H,31,35). The number of hydrogen-bond acceptors (Lipinski definition) is 7. The maximum atomic E-state index is 13.2. The van der Waals surface area contributed by atoms with Crippen LogP contribution < -0.4 is 10.1 Å². The lowest BCUT2D eigenvalue weighted by atomic mass is 9.96. The molecular formula is C30H32N4O3S. The molecule has 1 saturated heterocycles. The minimum atomic E-state index is -0.0829. The Morgan fingerprint density at radius 1 is 1.13 bits per heavy atom. The summed E-state index contributed by atoms with van der Waals surface area (Å²) in [4.78, 5) is 21.2. The minimum Gasteiger partial charge on any atom is -0.497 e. The van der Waals surface area contributed by atoms with Crippen molar-refractivity contribution in [2.45, 2.75) is 37.0 Å². The summed E-state index contributed by atoms with van der Waals surface area (Å²) >= 11 is 1.81. The number of carbonyl (C=O) groups is 1. The predicted molar refractivity (Wildman–Crippen MR) is 150 cm³/mol. The van der Waals surface area contributed by atoms with Gasteiger partial charge in [-0.1, -0.05) is 35.5 Å². The van der Waals surface area contributed by atoms with Gasteiger partial charge < -0.3 is 14.6 Å². The summed E-state index contributed by atoms with van der Waals surface area (Å²) < 4.78 is 10.7. The molecule has 7 nitrogen and oxygen atoms in total. The highest BCUT2D eigenvalue weighted by Crippen LogP contribution is 2.27. The number of thioether (sulfide) groups is 1. The summed E-state index contributed by atoms with van der Waals surface area (Å²) in [6.45, 7) is 4.14. The number of hydrogen-bond donors (Lipinski definition) is 1. The zero-order valence-corrected chi connectivity index (χ0v) is 22.5. The van der Waals surface area contributed by atoms with Crippen LogP contribution in [0.5, 0.6) is 5.75 Å². The molecule has 8 heteroatoms. The van der Waals surface area contributed by atoms with Crippen LogP contribution in [-0.4, -0.2) is 41.1 Å². The number of nitrogens with zero attached hydrogens (tertiary/aromatic N) is 3. The third kappa shape index (κ3) is 6.62. The van der Waals surface area contributed by atoms with E-state index in [1.807, 2.05) is 48.2 Å². The number of ether oxygens (including phenoxy) is 1. The molecule has 0 radical (unpaired) electrons. The van der Waals surface area contributed by atoms with Crippen molar-refractivity contribution in [2.75, 3.05) is 25.5 Å². The van der Waals surface area contributed by atoms with E-state index in [1.54, 1.807) is 7.11 Å². The van der Waals surface area contributed by atoms with E-state index in [9.17, 15) is 4.79 Å². The average Bonchev–Trinajstić information content (AvgIpc) is 3.42. The molecular weight excluding hydrogens is 496 g/mol. The molecule has 0 aliphatic carbocycles. The lowest BCUT2D eigenvalue weighted by Crippen LogP contribution is -2.40. The van der Waals surface area contributed by atoms with Gasteiger partial charge in [-0.05, 0) is 79.9 Å². The van der Waals surface area contributed by atoms with Gasteiger partial charge in [-0.3, -0.25) is 9.69 Å². The van der Waals surface area contributed by atoms with E-state index in [-0.39, 0.29) is 11.8 Å². The number of rotatable bonds is 9. The summed E-state index contributed by atoms with van der Waals surface area (Å²) in [6.07, 6.45) is 1.82. The molecule has 38 heavy (non-hydrogen) atoms. The molecule has 1 amide bonds. The highest BCUT2D eigenvalue weighted by molar-refractivity contribution is 7.98. The molecule has 2 heterocycles. The van der Waals surface area contributed by atoms with Gasteiger partial charge in [-0.25, -0.2) is 0 Å². The first-order valence-electron chi connectivity index (χ1n) is 12.8. The number of aromatic nitrogens is 2. The van der Waals surface area contributed by atoms with Crippen molar-refractivity contribution in [3.8, 4) is 17.1 Å². The number of methoxy groups -OCH3 is 1. The van der Waals surface area contributed by atoms with Gasteiger partial charge in [-0.2, -0.15) is 4.98 Å². The van der Waals surface area contributed by atoms with Gasteiger partial charge in [0.25, 0.3) is 0 Å². The number of carbonyl (C=O) groups excluding carboxylic acids is 1. The van der Waals surface area contributed by atoms with Crippen LogP contribution in [0.3, 0.4) is 0 Å². The highest BCUT2D eigenvalue weighted by Gasteiger charge is 2.27. The SMILES string of the molecule is COc1ccc(-c2noc(CN3CCCC(C(=O)Nc4ccc(CSc5ccccc5)cc4C)C3)n2)cc1. The molecule has 0 spiro atoms. The van der Waals surface area contributed by atoms with Gasteiger partial charge in [0.15, 0.2) is 0 Å². The largest absolute Gasteiger partial charge is 0.497 e. The van der Waals surface area contributed by atoms with Gasteiger partial charge in [0.1, 0.15) is 5.75 Å². The van der Waals surface area contributed by atoms with E-state index >= 15 is 0 Å². The van der Waals surface area contributed by atoms with E-state index in [0.717, 1.165) is 47.7 Å². The molecule has 1 aliphatic rings. The third-order valence-electron chi connectivity index (χ3n) is 6.75. The lowest BCUT2D eigenvalue weighted by molar-refractivity contribution is -0.121. The van der Waals surface area contributed by atoms with Gasteiger partial charge in [0.05, 0.1) is 19.6 Å². The molecule has 1 fully saturated rings. The van der Waals surface area contributed by atoms with Crippen molar-refractivity contribution in [2.24, 2.45) is 5.92 Å². The van der Waals surface area contributed by atoms with Crippen LogP contribution in [0.15, 0.2) is 82.2 Å². The van der Waals surface area contributed by atoms with Gasteiger partial charge in [-0.15, -0.1) is 11.8 Å². The fourth-order valence-corrected chi connectivity index (χ4v) is 5.52. The molecule has 4 aromatic rings. The van der Waals surface area contributed by atoms with Gasteiger partial charge >= 0.3 is 0 Å². The lowest BCUT2D eigenvalue weighted by Gasteiger charge is -2.31. The first-order valence-corrected chi connectivity index (χ1v) is 13.8. The van der Waals surface area contributed by atoms with Crippen molar-refractivity contribution >= 4 is 23.4 Å². The van der Waals surface area contributed by atoms with Crippen LogP contribution in [0.4, 0.5) is 5.69 Å². The monoisotopic (exact) mass is 528 g/mol. The van der Waals surface area contributed by atoms with Crippen LogP contribution in [0.2, 0.25) is 0 Å². The third-order valence-corrected chi connectivity index (χ3v) is 7.83. The molecule has 5 rings (SSSR count). The van der Waals surface area contributed by atoms with E-state index in [0.29, 0.717) is 24.8 Å². The number of piperidine rings is 1. The fraction of sp³-hybridized carbons (Fsp3) is 0.300. The highest BCUT2D eigenvalue weighted by atomic mass is 32.2. The molecule has 3 aromatic carbocycles. The summed E-state index contributed by atoms with van der Waals surface area (Å²) in [7, 11) is 1.64. The van der Waals surface area contributed by atoms with E-state index < -0.39 is 0 Å². The van der Waals surface area contributed by atoms with Crippen LogP contribution in [0.25, 0.3) is 11.4 Å². The number of nitrogens with one attached hydrogen (secondary N) is 1. The first-order chi connectivity index (χ1) is 18.6. The second-order valence-electron chi connectivity index (χ2n) is 9.55. The second kappa shape index (κ2) is 12.3. The maximum Gasteiger partial charge on any atom is 0.241 e. The Hall–Kier alpha value is -3.62. The van der Waals surface area contributed by atoms with Crippen LogP contribution in [-0.2, 0) is 17.1 Å². The molecule has 0 saturated carbocycles. The van der Waals surface area contributed by atoms with Crippen molar-refractivity contribution in [1.82, 2.24) is 15.0 Å². The second-order valence-corrected chi connectivity index (χ2v) is 10.6. The molecule has 1 unspecified atom stereocenters. The quantitative estimate of drug-likeness (QED) is 0.259. The first kappa shape index (κ1) is 26.0. The molecule has 0 bridgehead atoms. The summed E-state index contributed by atoms with van der Waals surface area (Å²) in [5, 5.41) is 7.30. The zero-order chi connectivity index (χ0) is 26.3. The van der Waals surface area contributed by atoms with Crippen LogP contribution in [0, 0.1) is 12.8 Å². The van der Waals surface area contributed by atoms with Crippen molar-refractivity contribution in [3.05, 3.63) is 89.8 Å². The number of aryl methyl sites for hydroxylation is 1. The maximum absolute atomic E-state index is 13.2. The smallest absolute Gasteiger partial charge is 0.241 e. The minimum absolute atomic E-state index is 0.0636. The normalized spacial score (nSPS) is 15.8. The molecule has 1 atom stereocenters. The van der Waals surface area contributed by atoms with E-state index in [2.05, 4.69) is 63.7 Å². The molecule has 1 aromatic heterocycles. The van der Waals surface area contributed by atoms with Crippen LogP contribution in [0.1, 0.15) is 29.9 Å². The summed E-state index contributed by atoms with van der Waals surface area (Å²) in [5.74, 6) is 2.76.